The molecule has 1 aliphatic heterocycles. The summed E-state index contributed by atoms with van der Waals surface area (Å²) in [7, 11) is 0. The minimum Gasteiger partial charge on any atom is -0.470 e. The smallest absolute Gasteiger partial charge is 0.270 e. The number of nitrogens with one attached hydrogen (secondary N) is 1. The topological polar surface area (TPSA) is 71.1 Å². The molecule has 1 aromatic carbocycles. The van der Waals surface area contributed by atoms with Crippen LogP contribution >= 0.6 is 0 Å². The van der Waals surface area contributed by atoms with Gasteiger partial charge in [-0.15, -0.1) is 0 Å². The number of carbonyl (C=O) groups excluding carboxylic acids is 1. The molecule has 4 rings (SSSR count). The van der Waals surface area contributed by atoms with E-state index in [-0.39, 0.29) is 23.7 Å². The average molecular weight is 398 g/mol. The number of amides is 1. The number of benzene rings is 1. The van der Waals surface area contributed by atoms with Crippen molar-refractivity contribution >= 4 is 5.91 Å². The second-order valence-electron chi connectivity index (χ2n) is 6.88. The van der Waals surface area contributed by atoms with Crippen LogP contribution in [0, 0.1) is 11.6 Å². The summed E-state index contributed by atoms with van der Waals surface area (Å²) in [6.45, 7) is 2.65. The Kier molecular flexibility index (Phi) is 5.24. The van der Waals surface area contributed by atoms with Crippen molar-refractivity contribution in [3.63, 3.8) is 0 Å². The van der Waals surface area contributed by atoms with Gasteiger partial charge in [0.2, 0.25) is 5.82 Å². The molecule has 1 fully saturated rings. The third-order valence-electron chi connectivity index (χ3n) is 4.97. The van der Waals surface area contributed by atoms with Crippen LogP contribution in [0.25, 0.3) is 11.1 Å². The highest BCUT2D eigenvalue weighted by molar-refractivity contribution is 5.94. The summed E-state index contributed by atoms with van der Waals surface area (Å²) in [6.07, 6.45) is 3.70. The standard InChI is InChI=1S/C21H20F2N4O2/c1-2-17-19(23)20(26-12-25-17)29-16-7-8-27(11-16)21(28)18-9-14(10-24-18)13-3-5-15(22)6-4-13/h3-6,9-10,12,16,24H,2,7-8,11H2,1H3. The van der Waals surface area contributed by atoms with Crippen molar-refractivity contribution in [3.05, 3.63) is 65.9 Å². The molecule has 3 aromatic rings. The van der Waals surface area contributed by atoms with Crippen LogP contribution in [0.2, 0.25) is 0 Å². The molecule has 29 heavy (non-hydrogen) atoms. The van der Waals surface area contributed by atoms with Crippen LogP contribution in [0.15, 0.2) is 42.9 Å². The fraction of sp³-hybridized carbons (Fsp3) is 0.286. The highest BCUT2D eigenvalue weighted by Crippen LogP contribution is 2.24. The summed E-state index contributed by atoms with van der Waals surface area (Å²) in [5, 5.41) is 0. The number of likely N-dealkylation sites (tertiary alicyclic amines) is 1. The number of aryl methyl sites for hydroxylation is 1. The van der Waals surface area contributed by atoms with Crippen molar-refractivity contribution < 1.29 is 18.3 Å². The van der Waals surface area contributed by atoms with Gasteiger partial charge in [0, 0.05) is 19.2 Å². The highest BCUT2D eigenvalue weighted by atomic mass is 19.1. The number of ether oxygens (including phenoxy) is 1. The van der Waals surface area contributed by atoms with Gasteiger partial charge in [-0.3, -0.25) is 4.79 Å². The zero-order chi connectivity index (χ0) is 20.4. The lowest BCUT2D eigenvalue weighted by atomic mass is 10.1. The quantitative estimate of drug-likeness (QED) is 0.713. The van der Waals surface area contributed by atoms with E-state index in [4.69, 9.17) is 4.74 Å². The van der Waals surface area contributed by atoms with E-state index in [9.17, 15) is 13.6 Å². The zero-order valence-corrected chi connectivity index (χ0v) is 15.9. The average Bonchev–Trinajstić information content (AvgIpc) is 3.40. The van der Waals surface area contributed by atoms with Crippen LogP contribution in [-0.4, -0.2) is 45.0 Å². The minimum atomic E-state index is -0.548. The van der Waals surface area contributed by atoms with Crippen LogP contribution in [0.5, 0.6) is 5.88 Å². The molecule has 150 valence electrons. The number of nitrogens with zero attached hydrogens (tertiary/aromatic N) is 3. The molecule has 2 aromatic heterocycles. The number of hydrogen-bond acceptors (Lipinski definition) is 4. The predicted octanol–water partition coefficient (Wildman–Crippen LogP) is 3.61. The molecular weight excluding hydrogens is 378 g/mol. The van der Waals surface area contributed by atoms with Gasteiger partial charge < -0.3 is 14.6 Å². The first-order valence-electron chi connectivity index (χ1n) is 9.44. The van der Waals surface area contributed by atoms with Gasteiger partial charge in [-0.25, -0.2) is 9.37 Å². The van der Waals surface area contributed by atoms with E-state index in [1.807, 2.05) is 6.92 Å². The van der Waals surface area contributed by atoms with E-state index >= 15 is 0 Å². The zero-order valence-electron chi connectivity index (χ0n) is 15.9. The van der Waals surface area contributed by atoms with Gasteiger partial charge in [0.05, 0.1) is 12.2 Å². The number of H-pyrrole nitrogens is 1. The van der Waals surface area contributed by atoms with E-state index in [0.29, 0.717) is 37.3 Å². The fourth-order valence-electron chi connectivity index (χ4n) is 3.38. The summed E-state index contributed by atoms with van der Waals surface area (Å²) in [4.78, 5) is 25.2. The number of aromatic nitrogens is 3. The summed E-state index contributed by atoms with van der Waals surface area (Å²) < 4.78 is 33.1. The summed E-state index contributed by atoms with van der Waals surface area (Å²) >= 11 is 0. The lowest BCUT2D eigenvalue weighted by Gasteiger charge is -2.16. The Bertz CT molecular complexity index is 1020. The molecule has 0 aliphatic carbocycles. The van der Waals surface area contributed by atoms with E-state index in [2.05, 4.69) is 15.0 Å². The van der Waals surface area contributed by atoms with Gasteiger partial charge in [0.25, 0.3) is 11.8 Å². The normalized spacial score (nSPS) is 16.2. The van der Waals surface area contributed by atoms with Crippen molar-refractivity contribution in [2.45, 2.75) is 25.9 Å². The van der Waals surface area contributed by atoms with Gasteiger partial charge >= 0.3 is 0 Å². The van der Waals surface area contributed by atoms with E-state index in [1.54, 1.807) is 29.3 Å². The number of carbonyl (C=O) groups is 1. The third kappa shape index (κ3) is 3.96. The van der Waals surface area contributed by atoms with Crippen molar-refractivity contribution in [3.8, 4) is 17.0 Å². The molecule has 3 heterocycles. The van der Waals surface area contributed by atoms with Crippen molar-refractivity contribution in [2.24, 2.45) is 0 Å². The molecule has 1 atom stereocenters. The number of aromatic amines is 1. The van der Waals surface area contributed by atoms with Crippen molar-refractivity contribution in [1.82, 2.24) is 19.9 Å². The maximum atomic E-state index is 14.3. The fourth-order valence-corrected chi connectivity index (χ4v) is 3.38. The largest absolute Gasteiger partial charge is 0.470 e. The first-order chi connectivity index (χ1) is 14.0. The van der Waals surface area contributed by atoms with Crippen LogP contribution in [0.3, 0.4) is 0 Å². The second kappa shape index (κ2) is 7.98. The van der Waals surface area contributed by atoms with Crippen LogP contribution in [0.1, 0.15) is 29.5 Å². The summed E-state index contributed by atoms with van der Waals surface area (Å²) in [5.41, 5.74) is 2.36. The molecule has 0 radical (unpaired) electrons. The first kappa shape index (κ1) is 19.0. The number of halogens is 2. The maximum absolute atomic E-state index is 14.3. The summed E-state index contributed by atoms with van der Waals surface area (Å²) in [5.74, 6) is -1.10. The Hall–Kier alpha value is -3.29. The molecular formula is C21H20F2N4O2. The van der Waals surface area contributed by atoms with Gasteiger partial charge in [0.1, 0.15) is 23.9 Å². The lowest BCUT2D eigenvalue weighted by molar-refractivity contribution is 0.0765. The molecule has 1 N–H and O–H groups in total. The van der Waals surface area contributed by atoms with E-state index in [0.717, 1.165) is 11.1 Å². The van der Waals surface area contributed by atoms with Crippen molar-refractivity contribution in [1.29, 1.82) is 0 Å². The number of hydrogen-bond donors (Lipinski definition) is 1. The Morgan fingerprint density at radius 3 is 2.79 bits per heavy atom. The summed E-state index contributed by atoms with van der Waals surface area (Å²) in [6, 6.07) is 7.81. The van der Waals surface area contributed by atoms with Crippen molar-refractivity contribution in [2.75, 3.05) is 13.1 Å². The molecule has 1 unspecified atom stereocenters. The second-order valence-corrected chi connectivity index (χ2v) is 6.88. The maximum Gasteiger partial charge on any atom is 0.270 e. The van der Waals surface area contributed by atoms with Gasteiger partial charge in [0.15, 0.2) is 0 Å². The molecule has 0 spiro atoms. The van der Waals surface area contributed by atoms with Crippen LogP contribution < -0.4 is 4.74 Å². The highest BCUT2D eigenvalue weighted by Gasteiger charge is 2.30. The molecule has 8 heteroatoms. The van der Waals surface area contributed by atoms with E-state index < -0.39 is 5.82 Å². The lowest BCUT2D eigenvalue weighted by Crippen LogP contribution is -2.31. The Morgan fingerprint density at radius 2 is 2.03 bits per heavy atom. The van der Waals surface area contributed by atoms with Crippen LogP contribution in [-0.2, 0) is 6.42 Å². The predicted molar refractivity (Wildman–Crippen MR) is 102 cm³/mol. The molecule has 1 saturated heterocycles. The van der Waals surface area contributed by atoms with E-state index in [1.165, 1.54) is 18.5 Å². The Labute approximate surface area is 166 Å². The molecule has 1 aliphatic rings. The molecule has 0 bridgehead atoms. The molecule has 1 amide bonds. The SMILES string of the molecule is CCc1ncnc(OC2CCN(C(=O)c3cc(-c4ccc(F)cc4)c[nH]3)C2)c1F. The number of rotatable bonds is 5. The van der Waals surface area contributed by atoms with Gasteiger partial charge in [-0.1, -0.05) is 19.1 Å². The third-order valence-corrected chi connectivity index (χ3v) is 4.97. The molecule has 6 nitrogen and oxygen atoms in total. The first-order valence-corrected chi connectivity index (χ1v) is 9.44. The van der Waals surface area contributed by atoms with Crippen LogP contribution in [0.4, 0.5) is 8.78 Å². The Morgan fingerprint density at radius 1 is 1.24 bits per heavy atom. The van der Waals surface area contributed by atoms with Gasteiger partial charge in [-0.2, -0.15) is 9.37 Å². The monoisotopic (exact) mass is 398 g/mol. The minimum absolute atomic E-state index is 0.0744. The van der Waals surface area contributed by atoms with Gasteiger partial charge in [-0.05, 0) is 35.7 Å². The Balaban J connectivity index is 1.42. The molecule has 0 saturated carbocycles.